The maximum Gasteiger partial charge on any atom is 0.119 e. The third kappa shape index (κ3) is 7.78. The van der Waals surface area contributed by atoms with Crippen LogP contribution in [0.15, 0.2) is 24.3 Å². The van der Waals surface area contributed by atoms with Gasteiger partial charge in [-0.1, -0.05) is 0 Å². The summed E-state index contributed by atoms with van der Waals surface area (Å²) in [5.41, 5.74) is 0.529. The molecule has 0 saturated carbocycles. The Kier molecular flexibility index (Phi) is 7.06. The lowest BCUT2D eigenvalue weighted by atomic mass is 10.2. The van der Waals surface area contributed by atoms with Crippen LogP contribution in [0.5, 0.6) is 5.75 Å². The highest BCUT2D eigenvalue weighted by Crippen LogP contribution is 2.11. The lowest BCUT2D eigenvalue weighted by Crippen LogP contribution is -2.22. The molecule has 0 amide bonds. The standard InChI is InChI=1S/C16H23NO3/c1-16(2,3)20-12-11-18-9-4-10-19-15-7-5-14(13-17)6-8-15/h5-8H,4,9-12H2,1-3H3. The van der Waals surface area contributed by atoms with Crippen molar-refractivity contribution in [2.24, 2.45) is 0 Å². The second kappa shape index (κ2) is 8.57. The van der Waals surface area contributed by atoms with E-state index in [0.717, 1.165) is 12.2 Å². The molecule has 0 fully saturated rings. The van der Waals surface area contributed by atoms with Crippen LogP contribution in [0.3, 0.4) is 0 Å². The van der Waals surface area contributed by atoms with Gasteiger partial charge in [0.05, 0.1) is 37.1 Å². The van der Waals surface area contributed by atoms with Crippen molar-refractivity contribution < 1.29 is 14.2 Å². The Balaban J connectivity index is 2.01. The predicted molar refractivity (Wildman–Crippen MR) is 77.8 cm³/mol. The van der Waals surface area contributed by atoms with Crippen LogP contribution < -0.4 is 4.74 Å². The smallest absolute Gasteiger partial charge is 0.119 e. The summed E-state index contributed by atoms with van der Waals surface area (Å²) in [6.45, 7) is 8.55. The fourth-order valence-electron chi connectivity index (χ4n) is 1.49. The van der Waals surface area contributed by atoms with Crippen LogP contribution in [-0.4, -0.2) is 32.0 Å². The Labute approximate surface area is 121 Å². The van der Waals surface area contributed by atoms with Gasteiger partial charge in [0, 0.05) is 13.0 Å². The highest BCUT2D eigenvalue weighted by molar-refractivity contribution is 5.34. The van der Waals surface area contributed by atoms with E-state index in [-0.39, 0.29) is 5.60 Å². The molecule has 0 atom stereocenters. The zero-order valence-corrected chi connectivity index (χ0v) is 12.5. The van der Waals surface area contributed by atoms with E-state index in [4.69, 9.17) is 19.5 Å². The van der Waals surface area contributed by atoms with Crippen molar-refractivity contribution in [1.82, 2.24) is 0 Å². The van der Waals surface area contributed by atoms with Gasteiger partial charge in [0.25, 0.3) is 0 Å². The number of hydrogen-bond acceptors (Lipinski definition) is 4. The fraction of sp³-hybridized carbons (Fsp3) is 0.562. The maximum atomic E-state index is 8.68. The van der Waals surface area contributed by atoms with E-state index in [1.54, 1.807) is 24.3 Å². The van der Waals surface area contributed by atoms with E-state index in [9.17, 15) is 0 Å². The Bertz CT molecular complexity index is 415. The molecule has 1 rings (SSSR count). The second-order valence-electron chi connectivity index (χ2n) is 5.41. The van der Waals surface area contributed by atoms with Gasteiger partial charge in [-0.2, -0.15) is 5.26 Å². The first-order valence-corrected chi connectivity index (χ1v) is 6.86. The van der Waals surface area contributed by atoms with E-state index in [0.29, 0.717) is 32.0 Å². The van der Waals surface area contributed by atoms with Crippen molar-refractivity contribution in [3.05, 3.63) is 29.8 Å². The first-order valence-electron chi connectivity index (χ1n) is 6.86. The summed E-state index contributed by atoms with van der Waals surface area (Å²) in [5, 5.41) is 8.68. The SMILES string of the molecule is CC(C)(C)OCCOCCCOc1ccc(C#N)cc1. The molecule has 0 aliphatic rings. The van der Waals surface area contributed by atoms with E-state index in [1.807, 2.05) is 20.8 Å². The molecule has 4 nitrogen and oxygen atoms in total. The summed E-state index contributed by atoms with van der Waals surface area (Å²) in [5.74, 6) is 0.778. The molecule has 20 heavy (non-hydrogen) atoms. The molecule has 0 aliphatic carbocycles. The lowest BCUT2D eigenvalue weighted by molar-refractivity contribution is -0.0357. The zero-order chi connectivity index (χ0) is 14.8. The van der Waals surface area contributed by atoms with Gasteiger partial charge < -0.3 is 14.2 Å². The molecular weight excluding hydrogens is 254 g/mol. The Hall–Kier alpha value is -1.57. The minimum Gasteiger partial charge on any atom is -0.494 e. The molecule has 0 bridgehead atoms. The van der Waals surface area contributed by atoms with E-state index < -0.39 is 0 Å². The van der Waals surface area contributed by atoms with Crippen molar-refractivity contribution in [2.45, 2.75) is 32.8 Å². The van der Waals surface area contributed by atoms with Gasteiger partial charge >= 0.3 is 0 Å². The summed E-state index contributed by atoms with van der Waals surface area (Å²) < 4.78 is 16.5. The quantitative estimate of drug-likeness (QED) is 0.685. The number of benzene rings is 1. The van der Waals surface area contributed by atoms with Crippen molar-refractivity contribution >= 4 is 0 Å². The van der Waals surface area contributed by atoms with Crippen LogP contribution in [0.1, 0.15) is 32.8 Å². The van der Waals surface area contributed by atoms with Gasteiger partial charge in [-0.15, -0.1) is 0 Å². The monoisotopic (exact) mass is 277 g/mol. The molecule has 1 aromatic carbocycles. The van der Waals surface area contributed by atoms with Crippen molar-refractivity contribution in [1.29, 1.82) is 5.26 Å². The minimum atomic E-state index is -0.109. The molecule has 0 spiro atoms. The third-order valence-electron chi connectivity index (χ3n) is 2.45. The second-order valence-corrected chi connectivity index (χ2v) is 5.41. The van der Waals surface area contributed by atoms with Gasteiger partial charge in [0.2, 0.25) is 0 Å². The average Bonchev–Trinajstić information content (AvgIpc) is 2.41. The van der Waals surface area contributed by atoms with Crippen LogP contribution in [-0.2, 0) is 9.47 Å². The molecule has 4 heteroatoms. The topological polar surface area (TPSA) is 51.5 Å². The molecule has 0 unspecified atom stereocenters. The molecule has 110 valence electrons. The number of hydrogen-bond donors (Lipinski definition) is 0. The number of nitriles is 1. The van der Waals surface area contributed by atoms with Crippen molar-refractivity contribution in [2.75, 3.05) is 26.4 Å². The third-order valence-corrected chi connectivity index (χ3v) is 2.45. The van der Waals surface area contributed by atoms with E-state index in [1.165, 1.54) is 0 Å². The van der Waals surface area contributed by atoms with Gasteiger partial charge in [-0.05, 0) is 45.0 Å². The molecule has 0 saturated heterocycles. The summed E-state index contributed by atoms with van der Waals surface area (Å²) in [4.78, 5) is 0. The van der Waals surface area contributed by atoms with Crippen molar-refractivity contribution in [3.8, 4) is 11.8 Å². The molecular formula is C16H23NO3. The molecule has 0 N–H and O–H groups in total. The number of rotatable bonds is 8. The van der Waals surface area contributed by atoms with E-state index >= 15 is 0 Å². The minimum absolute atomic E-state index is 0.109. The van der Waals surface area contributed by atoms with Crippen LogP contribution in [0.2, 0.25) is 0 Å². The van der Waals surface area contributed by atoms with Crippen molar-refractivity contribution in [3.63, 3.8) is 0 Å². The summed E-state index contributed by atoms with van der Waals surface area (Å²) in [7, 11) is 0. The predicted octanol–water partition coefficient (Wildman–Crippen LogP) is 3.16. The number of ether oxygens (including phenoxy) is 3. The zero-order valence-electron chi connectivity index (χ0n) is 12.5. The highest BCUT2D eigenvalue weighted by Gasteiger charge is 2.08. The molecule has 1 aromatic rings. The molecule has 0 radical (unpaired) electrons. The molecule has 0 aromatic heterocycles. The van der Waals surface area contributed by atoms with Gasteiger partial charge in [0.15, 0.2) is 0 Å². The van der Waals surface area contributed by atoms with Gasteiger partial charge in [-0.25, -0.2) is 0 Å². The lowest BCUT2D eigenvalue weighted by Gasteiger charge is -2.19. The summed E-state index contributed by atoms with van der Waals surface area (Å²) in [6.07, 6.45) is 0.829. The highest BCUT2D eigenvalue weighted by atomic mass is 16.5. The van der Waals surface area contributed by atoms with E-state index in [2.05, 4.69) is 6.07 Å². The summed E-state index contributed by atoms with van der Waals surface area (Å²) >= 11 is 0. The average molecular weight is 277 g/mol. The first kappa shape index (κ1) is 16.5. The first-order chi connectivity index (χ1) is 9.51. The largest absolute Gasteiger partial charge is 0.494 e. The Morgan fingerprint density at radius 1 is 1.00 bits per heavy atom. The Morgan fingerprint density at radius 3 is 2.30 bits per heavy atom. The van der Waals surface area contributed by atoms with Crippen LogP contribution in [0.4, 0.5) is 0 Å². The van der Waals surface area contributed by atoms with Crippen LogP contribution in [0.25, 0.3) is 0 Å². The van der Waals surface area contributed by atoms with Crippen LogP contribution in [0, 0.1) is 11.3 Å². The number of nitrogens with zero attached hydrogens (tertiary/aromatic N) is 1. The fourth-order valence-corrected chi connectivity index (χ4v) is 1.49. The summed E-state index contributed by atoms with van der Waals surface area (Å²) in [6, 6.07) is 9.17. The maximum absolute atomic E-state index is 8.68. The molecule has 0 aliphatic heterocycles. The van der Waals surface area contributed by atoms with Gasteiger partial charge in [0.1, 0.15) is 5.75 Å². The molecule has 0 heterocycles. The van der Waals surface area contributed by atoms with Crippen LogP contribution >= 0.6 is 0 Å². The normalized spacial score (nSPS) is 11.1. The Morgan fingerprint density at radius 2 is 1.70 bits per heavy atom. The van der Waals surface area contributed by atoms with Gasteiger partial charge in [-0.3, -0.25) is 0 Å².